The van der Waals surface area contributed by atoms with Crippen molar-refractivity contribution in [3.05, 3.63) is 71.0 Å². The minimum absolute atomic E-state index is 0.196. The Morgan fingerprint density at radius 2 is 1.96 bits per heavy atom. The number of hydrogen-bond acceptors (Lipinski definition) is 2. The third-order valence-electron chi connectivity index (χ3n) is 3.23. The van der Waals surface area contributed by atoms with E-state index in [2.05, 4.69) is 5.32 Å². The van der Waals surface area contributed by atoms with Crippen LogP contribution in [0.15, 0.2) is 54.6 Å². The highest BCUT2D eigenvalue weighted by molar-refractivity contribution is 6.30. The summed E-state index contributed by atoms with van der Waals surface area (Å²) in [4.78, 5) is 11.7. The zero-order valence-electron chi connectivity index (χ0n) is 13.2. The fraction of sp³-hybridized carbons (Fsp3) is 0.211. The summed E-state index contributed by atoms with van der Waals surface area (Å²) in [5.41, 5.74) is 0.654. The third kappa shape index (κ3) is 6.84. The number of unbranched alkanes of at least 4 members (excludes halogenated alkanes) is 1. The van der Waals surface area contributed by atoms with Gasteiger partial charge in [0.1, 0.15) is 11.6 Å². The summed E-state index contributed by atoms with van der Waals surface area (Å²) >= 11 is 5.80. The van der Waals surface area contributed by atoms with Crippen molar-refractivity contribution in [3.63, 3.8) is 0 Å². The molecule has 0 spiro atoms. The SMILES string of the molecule is O=C(/C=C/c1cccc(F)c1)NCCCCOc1ccc(Cl)cc1. The quantitative estimate of drug-likeness (QED) is 0.565. The van der Waals surface area contributed by atoms with Crippen LogP contribution in [0.3, 0.4) is 0 Å². The number of nitrogens with one attached hydrogen (secondary N) is 1. The highest BCUT2D eigenvalue weighted by Gasteiger charge is 1.97. The second kappa shape index (κ2) is 9.73. The van der Waals surface area contributed by atoms with Crippen LogP contribution in [-0.2, 0) is 4.79 Å². The first-order valence-corrected chi connectivity index (χ1v) is 8.11. The predicted molar refractivity (Wildman–Crippen MR) is 94.6 cm³/mol. The number of ether oxygens (including phenoxy) is 1. The summed E-state index contributed by atoms with van der Waals surface area (Å²) in [6, 6.07) is 13.3. The zero-order chi connectivity index (χ0) is 17.2. The van der Waals surface area contributed by atoms with E-state index in [9.17, 15) is 9.18 Å². The fourth-order valence-electron chi connectivity index (χ4n) is 2.00. The van der Waals surface area contributed by atoms with Crippen LogP contribution in [0.2, 0.25) is 5.02 Å². The van der Waals surface area contributed by atoms with E-state index in [1.807, 2.05) is 12.1 Å². The molecular weight excluding hydrogens is 329 g/mol. The first-order chi connectivity index (χ1) is 11.6. The molecule has 0 bridgehead atoms. The maximum atomic E-state index is 13.0. The molecule has 0 aromatic heterocycles. The molecule has 0 radical (unpaired) electrons. The molecule has 0 aliphatic rings. The van der Waals surface area contributed by atoms with Crippen LogP contribution in [0, 0.1) is 5.82 Å². The molecule has 0 saturated carbocycles. The van der Waals surface area contributed by atoms with E-state index in [-0.39, 0.29) is 11.7 Å². The van der Waals surface area contributed by atoms with Crippen molar-refractivity contribution in [2.45, 2.75) is 12.8 Å². The van der Waals surface area contributed by atoms with Crippen molar-refractivity contribution in [1.82, 2.24) is 5.32 Å². The Kier molecular flexibility index (Phi) is 7.30. The lowest BCUT2D eigenvalue weighted by molar-refractivity contribution is -0.116. The number of halogens is 2. The Morgan fingerprint density at radius 1 is 1.17 bits per heavy atom. The molecule has 2 rings (SSSR count). The van der Waals surface area contributed by atoms with Crippen LogP contribution >= 0.6 is 11.6 Å². The van der Waals surface area contributed by atoms with Crippen molar-refractivity contribution in [1.29, 1.82) is 0 Å². The van der Waals surface area contributed by atoms with Gasteiger partial charge in [-0.15, -0.1) is 0 Å². The topological polar surface area (TPSA) is 38.3 Å². The maximum absolute atomic E-state index is 13.0. The molecule has 0 atom stereocenters. The number of amides is 1. The van der Waals surface area contributed by atoms with Crippen LogP contribution in [0.5, 0.6) is 5.75 Å². The van der Waals surface area contributed by atoms with E-state index in [1.54, 1.807) is 30.3 Å². The molecule has 3 nitrogen and oxygen atoms in total. The number of benzene rings is 2. The highest BCUT2D eigenvalue weighted by atomic mass is 35.5. The standard InChI is InChI=1S/C19H19ClFNO2/c20-16-7-9-18(10-8-16)24-13-2-1-12-22-19(23)11-6-15-4-3-5-17(21)14-15/h3-11,14H,1-2,12-13H2,(H,22,23)/b11-6+. The van der Waals surface area contributed by atoms with Crippen LogP contribution in [0.1, 0.15) is 18.4 Å². The van der Waals surface area contributed by atoms with Gasteiger partial charge in [0.05, 0.1) is 6.61 Å². The molecule has 0 heterocycles. The smallest absolute Gasteiger partial charge is 0.243 e. The number of carbonyl (C=O) groups is 1. The van der Waals surface area contributed by atoms with Gasteiger partial charge in [-0.1, -0.05) is 23.7 Å². The van der Waals surface area contributed by atoms with Crippen LogP contribution in [0.4, 0.5) is 4.39 Å². The van der Waals surface area contributed by atoms with Crippen LogP contribution < -0.4 is 10.1 Å². The summed E-state index contributed by atoms with van der Waals surface area (Å²) < 4.78 is 18.6. The second-order valence-corrected chi connectivity index (χ2v) is 5.63. The van der Waals surface area contributed by atoms with E-state index in [1.165, 1.54) is 18.2 Å². The maximum Gasteiger partial charge on any atom is 0.243 e. The number of carbonyl (C=O) groups excluding carboxylic acids is 1. The average molecular weight is 348 g/mol. The van der Waals surface area contributed by atoms with Crippen LogP contribution in [-0.4, -0.2) is 19.1 Å². The van der Waals surface area contributed by atoms with Gasteiger partial charge in [0, 0.05) is 17.6 Å². The lowest BCUT2D eigenvalue weighted by Gasteiger charge is -2.06. The largest absolute Gasteiger partial charge is 0.494 e. The van der Waals surface area contributed by atoms with Crippen LogP contribution in [0.25, 0.3) is 6.08 Å². The van der Waals surface area contributed by atoms with Gasteiger partial charge in [-0.3, -0.25) is 4.79 Å². The van der Waals surface area contributed by atoms with Crippen molar-refractivity contribution in [2.75, 3.05) is 13.2 Å². The molecular formula is C19H19ClFNO2. The Labute approximate surface area is 146 Å². The van der Waals surface area contributed by atoms with Gasteiger partial charge < -0.3 is 10.1 Å². The molecule has 126 valence electrons. The average Bonchev–Trinajstić information content (AvgIpc) is 2.58. The molecule has 0 unspecified atom stereocenters. The summed E-state index contributed by atoms with van der Waals surface area (Å²) in [6.45, 7) is 1.15. The number of rotatable bonds is 8. The van der Waals surface area contributed by atoms with Gasteiger partial charge >= 0.3 is 0 Å². The van der Waals surface area contributed by atoms with Gasteiger partial charge in [-0.25, -0.2) is 4.39 Å². The molecule has 1 N–H and O–H groups in total. The van der Waals surface area contributed by atoms with E-state index in [0.29, 0.717) is 23.7 Å². The molecule has 24 heavy (non-hydrogen) atoms. The molecule has 0 saturated heterocycles. The normalized spacial score (nSPS) is 10.8. The number of hydrogen-bond donors (Lipinski definition) is 1. The molecule has 2 aromatic carbocycles. The summed E-state index contributed by atoms with van der Waals surface area (Å²) in [5.74, 6) is 0.262. The van der Waals surface area contributed by atoms with Crippen molar-refractivity contribution >= 4 is 23.6 Å². The van der Waals surface area contributed by atoms with Crippen molar-refractivity contribution in [2.24, 2.45) is 0 Å². The summed E-state index contributed by atoms with van der Waals surface area (Å²) in [6.07, 6.45) is 4.63. The Hall–Kier alpha value is -2.33. The van der Waals surface area contributed by atoms with Crippen molar-refractivity contribution in [3.8, 4) is 5.75 Å². The van der Waals surface area contributed by atoms with Gasteiger partial charge in [0.25, 0.3) is 0 Å². The molecule has 5 heteroatoms. The lowest BCUT2D eigenvalue weighted by atomic mass is 10.2. The zero-order valence-corrected chi connectivity index (χ0v) is 13.9. The molecule has 0 fully saturated rings. The minimum atomic E-state index is -0.321. The lowest BCUT2D eigenvalue weighted by Crippen LogP contribution is -2.22. The van der Waals surface area contributed by atoms with E-state index in [4.69, 9.17) is 16.3 Å². The Balaban J connectivity index is 1.58. The minimum Gasteiger partial charge on any atom is -0.494 e. The summed E-state index contributed by atoms with van der Waals surface area (Å²) in [7, 11) is 0. The van der Waals surface area contributed by atoms with Gasteiger partial charge in [-0.2, -0.15) is 0 Å². The third-order valence-corrected chi connectivity index (χ3v) is 3.48. The molecule has 0 aliphatic carbocycles. The van der Waals surface area contributed by atoms with Gasteiger partial charge in [0.15, 0.2) is 0 Å². The summed E-state index contributed by atoms with van der Waals surface area (Å²) in [5, 5.41) is 3.46. The van der Waals surface area contributed by atoms with Gasteiger partial charge in [-0.05, 0) is 60.9 Å². The van der Waals surface area contributed by atoms with Crippen molar-refractivity contribution < 1.29 is 13.9 Å². The first-order valence-electron chi connectivity index (χ1n) is 7.73. The Morgan fingerprint density at radius 3 is 2.71 bits per heavy atom. The molecule has 0 aliphatic heterocycles. The second-order valence-electron chi connectivity index (χ2n) is 5.19. The van der Waals surface area contributed by atoms with Gasteiger partial charge in [0.2, 0.25) is 5.91 Å². The first kappa shape index (κ1) is 18.0. The van der Waals surface area contributed by atoms with E-state index in [0.717, 1.165) is 18.6 Å². The highest BCUT2D eigenvalue weighted by Crippen LogP contribution is 2.15. The monoisotopic (exact) mass is 347 g/mol. The van der Waals surface area contributed by atoms with E-state index < -0.39 is 0 Å². The molecule has 1 amide bonds. The predicted octanol–water partition coefficient (Wildman–Crippen LogP) is 4.47. The molecule has 2 aromatic rings. The Bertz CT molecular complexity index is 686. The van der Waals surface area contributed by atoms with E-state index >= 15 is 0 Å². The fourth-order valence-corrected chi connectivity index (χ4v) is 2.13.